The fraction of sp³-hybridized carbons (Fsp3) is 0.154. The van der Waals surface area contributed by atoms with Gasteiger partial charge in [-0.1, -0.05) is 0 Å². The van der Waals surface area contributed by atoms with E-state index in [1.165, 1.54) is 7.05 Å². The van der Waals surface area contributed by atoms with Crippen molar-refractivity contribution in [2.45, 2.75) is 6.18 Å². The normalized spacial score (nSPS) is 11.3. The van der Waals surface area contributed by atoms with E-state index in [0.29, 0.717) is 12.1 Å². The minimum atomic E-state index is -4.60. The number of hydrogen-bond acceptors (Lipinski definition) is 3. The molecule has 0 aliphatic carbocycles. The lowest BCUT2D eigenvalue weighted by Gasteiger charge is -2.12. The molecule has 8 heteroatoms. The Labute approximate surface area is 116 Å². The van der Waals surface area contributed by atoms with Gasteiger partial charge >= 0.3 is 6.18 Å². The number of rotatable bonds is 3. The van der Waals surface area contributed by atoms with Crippen LogP contribution in [0.4, 0.5) is 27.8 Å². The Bertz CT molecular complexity index is 657. The van der Waals surface area contributed by atoms with Crippen LogP contribution in [0.3, 0.4) is 0 Å². The number of hydrogen-bond donors (Lipinski definition) is 1. The molecule has 2 aromatic rings. The highest BCUT2D eigenvalue weighted by atomic mass is 19.4. The van der Waals surface area contributed by atoms with Crippen LogP contribution in [-0.2, 0) is 6.18 Å². The molecule has 1 N–H and O–H groups in total. The van der Waals surface area contributed by atoms with E-state index in [0.717, 1.165) is 18.2 Å². The van der Waals surface area contributed by atoms with Crippen LogP contribution < -0.4 is 10.1 Å². The first-order chi connectivity index (χ1) is 9.79. The lowest BCUT2D eigenvalue weighted by atomic mass is 10.2. The zero-order valence-electron chi connectivity index (χ0n) is 10.6. The van der Waals surface area contributed by atoms with Gasteiger partial charge in [-0.15, -0.1) is 0 Å². The van der Waals surface area contributed by atoms with Crippen LogP contribution in [0.1, 0.15) is 5.56 Å². The van der Waals surface area contributed by atoms with Crippen LogP contribution in [-0.4, -0.2) is 12.0 Å². The quantitative estimate of drug-likeness (QED) is 0.862. The van der Waals surface area contributed by atoms with E-state index in [1.54, 1.807) is 0 Å². The summed E-state index contributed by atoms with van der Waals surface area (Å²) in [5, 5.41) is 2.44. The molecule has 0 aliphatic heterocycles. The number of benzene rings is 1. The van der Waals surface area contributed by atoms with Crippen LogP contribution in [0.25, 0.3) is 0 Å². The Morgan fingerprint density at radius 1 is 1.10 bits per heavy atom. The number of alkyl halides is 3. The predicted octanol–water partition coefficient (Wildman–Crippen LogP) is 4.21. The Morgan fingerprint density at radius 3 is 2.38 bits per heavy atom. The number of aromatic nitrogens is 1. The molecule has 21 heavy (non-hydrogen) atoms. The van der Waals surface area contributed by atoms with E-state index < -0.39 is 35.0 Å². The van der Waals surface area contributed by atoms with E-state index >= 15 is 0 Å². The maximum Gasteiger partial charge on any atom is 0.416 e. The highest BCUT2D eigenvalue weighted by molar-refractivity contribution is 5.43. The maximum atomic E-state index is 13.4. The highest BCUT2D eigenvalue weighted by Crippen LogP contribution is 2.34. The summed E-state index contributed by atoms with van der Waals surface area (Å²) in [5.74, 6) is -2.85. The third kappa shape index (κ3) is 3.59. The second-order valence-corrected chi connectivity index (χ2v) is 4.00. The minimum Gasteiger partial charge on any atom is -0.436 e. The number of pyridine rings is 1. The molecule has 1 aromatic carbocycles. The molecular weight excluding hydrogens is 295 g/mol. The Hall–Kier alpha value is -2.38. The second kappa shape index (κ2) is 5.55. The topological polar surface area (TPSA) is 34.1 Å². The van der Waals surface area contributed by atoms with Crippen molar-refractivity contribution < 1.29 is 26.7 Å². The maximum absolute atomic E-state index is 13.4. The van der Waals surface area contributed by atoms with E-state index in [9.17, 15) is 22.0 Å². The Balaban J connectivity index is 2.39. The summed E-state index contributed by atoms with van der Waals surface area (Å²) in [5.41, 5.74) is -1.00. The van der Waals surface area contributed by atoms with Gasteiger partial charge in [0.2, 0.25) is 5.88 Å². The smallest absolute Gasteiger partial charge is 0.416 e. The van der Waals surface area contributed by atoms with Crippen molar-refractivity contribution >= 4 is 5.82 Å². The summed E-state index contributed by atoms with van der Waals surface area (Å²) in [6.07, 6.45) is -4.60. The van der Waals surface area contributed by atoms with Gasteiger partial charge in [-0.25, -0.2) is 8.78 Å². The molecule has 0 radical (unpaired) electrons. The summed E-state index contributed by atoms with van der Waals surface area (Å²) in [6, 6.07) is 3.86. The van der Waals surface area contributed by atoms with Crippen LogP contribution in [0.2, 0.25) is 0 Å². The molecule has 1 aromatic heterocycles. The van der Waals surface area contributed by atoms with E-state index in [2.05, 4.69) is 10.3 Å². The average Bonchev–Trinajstić information content (AvgIpc) is 2.40. The van der Waals surface area contributed by atoms with Gasteiger partial charge < -0.3 is 10.1 Å². The summed E-state index contributed by atoms with van der Waals surface area (Å²) in [6.45, 7) is 0. The Morgan fingerprint density at radius 2 is 1.81 bits per heavy atom. The zero-order valence-corrected chi connectivity index (χ0v) is 10.6. The molecule has 0 bridgehead atoms. The standard InChI is InChI=1S/C13H9F5N2O/c1-19-11-4-7(13(16,17)18)5-12(20-11)21-10-3-2-8(14)6-9(10)15/h2-6H,1H3,(H,19,20). The lowest BCUT2D eigenvalue weighted by molar-refractivity contribution is -0.137. The lowest BCUT2D eigenvalue weighted by Crippen LogP contribution is -2.07. The largest absolute Gasteiger partial charge is 0.436 e. The molecule has 0 saturated heterocycles. The number of nitrogens with one attached hydrogen (secondary N) is 1. The van der Waals surface area contributed by atoms with Crippen molar-refractivity contribution in [1.82, 2.24) is 4.98 Å². The zero-order chi connectivity index (χ0) is 15.6. The molecule has 0 amide bonds. The highest BCUT2D eigenvalue weighted by Gasteiger charge is 2.32. The number of anilines is 1. The third-order valence-corrected chi connectivity index (χ3v) is 2.49. The van der Waals surface area contributed by atoms with Gasteiger partial charge in [0.1, 0.15) is 11.6 Å². The summed E-state index contributed by atoms with van der Waals surface area (Å²) in [7, 11) is 1.38. The molecule has 3 nitrogen and oxygen atoms in total. The van der Waals surface area contributed by atoms with Gasteiger partial charge in [0.15, 0.2) is 11.6 Å². The third-order valence-electron chi connectivity index (χ3n) is 2.49. The van der Waals surface area contributed by atoms with Crippen LogP contribution >= 0.6 is 0 Å². The van der Waals surface area contributed by atoms with E-state index in [1.807, 2.05) is 0 Å². The van der Waals surface area contributed by atoms with E-state index in [4.69, 9.17) is 4.74 Å². The molecular formula is C13H9F5N2O. The van der Waals surface area contributed by atoms with Crippen molar-refractivity contribution in [2.24, 2.45) is 0 Å². The molecule has 2 rings (SSSR count). The van der Waals surface area contributed by atoms with Crippen LogP contribution in [0.5, 0.6) is 11.6 Å². The van der Waals surface area contributed by atoms with Crippen molar-refractivity contribution in [2.75, 3.05) is 12.4 Å². The van der Waals surface area contributed by atoms with Crippen molar-refractivity contribution in [3.8, 4) is 11.6 Å². The van der Waals surface area contributed by atoms with Gasteiger partial charge in [0.25, 0.3) is 0 Å². The molecule has 0 fully saturated rings. The van der Waals surface area contributed by atoms with Gasteiger partial charge in [-0.2, -0.15) is 18.2 Å². The number of nitrogens with zero attached hydrogens (tertiary/aromatic N) is 1. The SMILES string of the molecule is CNc1cc(C(F)(F)F)cc(Oc2ccc(F)cc2F)n1. The molecule has 1 heterocycles. The van der Waals surface area contributed by atoms with E-state index in [-0.39, 0.29) is 5.82 Å². The fourth-order valence-corrected chi connectivity index (χ4v) is 1.52. The number of ether oxygens (including phenoxy) is 1. The molecule has 0 unspecified atom stereocenters. The van der Waals surface area contributed by atoms with Gasteiger partial charge in [0.05, 0.1) is 5.56 Å². The molecule has 112 valence electrons. The van der Waals surface area contributed by atoms with Crippen molar-refractivity contribution in [1.29, 1.82) is 0 Å². The first kappa shape index (κ1) is 15.0. The monoisotopic (exact) mass is 304 g/mol. The minimum absolute atomic E-state index is 0.0951. The first-order valence-electron chi connectivity index (χ1n) is 5.69. The Kier molecular flexibility index (Phi) is 3.97. The van der Waals surface area contributed by atoms with Gasteiger partial charge in [-0.05, 0) is 18.2 Å². The summed E-state index contributed by atoms with van der Waals surface area (Å²) in [4.78, 5) is 3.73. The molecule has 0 spiro atoms. The van der Waals surface area contributed by atoms with Crippen LogP contribution in [0, 0.1) is 11.6 Å². The van der Waals surface area contributed by atoms with Crippen LogP contribution in [0.15, 0.2) is 30.3 Å². The average molecular weight is 304 g/mol. The summed E-state index contributed by atoms with van der Waals surface area (Å²) >= 11 is 0. The summed E-state index contributed by atoms with van der Waals surface area (Å²) < 4.78 is 69.3. The fourth-order valence-electron chi connectivity index (χ4n) is 1.52. The molecule has 0 atom stereocenters. The van der Waals surface area contributed by atoms with Gasteiger partial charge in [-0.3, -0.25) is 0 Å². The predicted molar refractivity (Wildman–Crippen MR) is 65.2 cm³/mol. The molecule has 0 saturated carbocycles. The second-order valence-electron chi connectivity index (χ2n) is 4.00. The first-order valence-corrected chi connectivity index (χ1v) is 5.69. The molecule has 0 aliphatic rings. The van der Waals surface area contributed by atoms with Gasteiger partial charge in [0, 0.05) is 19.2 Å². The van der Waals surface area contributed by atoms with Crippen molar-refractivity contribution in [3.05, 3.63) is 47.5 Å². The van der Waals surface area contributed by atoms with Crippen molar-refractivity contribution in [3.63, 3.8) is 0 Å². The number of halogens is 5.